The van der Waals surface area contributed by atoms with Gasteiger partial charge in [-0.3, -0.25) is 10.2 Å². The number of carbonyl (C=O) groups is 1. The summed E-state index contributed by atoms with van der Waals surface area (Å²) in [4.78, 5) is 15.6. The number of hydrazine groups is 1. The average Bonchev–Trinajstić information content (AvgIpc) is 2.64. The highest BCUT2D eigenvalue weighted by Crippen LogP contribution is 2.60. The van der Waals surface area contributed by atoms with E-state index in [0.717, 1.165) is 44.1 Å². The first kappa shape index (κ1) is 17.7. The molecular weight excluding hydrogens is 360 g/mol. The summed E-state index contributed by atoms with van der Waals surface area (Å²) in [5, 5.41) is 0. The SMILES string of the molecule is O=C(NNS(=O)(=O)c1ccc2c(c1)CCCC2)C12CC3CC(CC(C3)C1)C2. The van der Waals surface area contributed by atoms with E-state index in [1.165, 1.54) is 31.2 Å². The fraction of sp³-hybridized carbons (Fsp3) is 0.667. The van der Waals surface area contributed by atoms with Crippen LogP contribution in [0.2, 0.25) is 0 Å². The number of aryl methyl sites for hydroxylation is 2. The van der Waals surface area contributed by atoms with E-state index in [4.69, 9.17) is 0 Å². The van der Waals surface area contributed by atoms with E-state index in [9.17, 15) is 13.2 Å². The van der Waals surface area contributed by atoms with Crippen LogP contribution in [-0.4, -0.2) is 14.3 Å². The summed E-state index contributed by atoms with van der Waals surface area (Å²) < 4.78 is 25.4. The highest BCUT2D eigenvalue weighted by atomic mass is 32.2. The molecule has 6 rings (SSSR count). The smallest absolute Gasteiger partial charge is 0.257 e. The monoisotopic (exact) mass is 388 g/mol. The average molecular weight is 389 g/mol. The first-order valence-electron chi connectivity index (χ1n) is 10.4. The van der Waals surface area contributed by atoms with Crippen molar-refractivity contribution >= 4 is 15.9 Å². The Hall–Kier alpha value is -1.40. The summed E-state index contributed by atoms with van der Waals surface area (Å²) in [6.45, 7) is 0. The van der Waals surface area contributed by atoms with Gasteiger partial charge in [0, 0.05) is 0 Å². The van der Waals surface area contributed by atoms with Gasteiger partial charge in [0.15, 0.2) is 0 Å². The van der Waals surface area contributed by atoms with Gasteiger partial charge in [-0.1, -0.05) is 6.07 Å². The van der Waals surface area contributed by atoms with Crippen LogP contribution >= 0.6 is 0 Å². The second-order valence-electron chi connectivity index (χ2n) is 9.40. The predicted molar refractivity (Wildman–Crippen MR) is 102 cm³/mol. The molecule has 0 heterocycles. The van der Waals surface area contributed by atoms with Gasteiger partial charge in [-0.25, -0.2) is 8.42 Å². The zero-order valence-corrected chi connectivity index (χ0v) is 16.5. The van der Waals surface area contributed by atoms with Crippen molar-refractivity contribution in [3.8, 4) is 0 Å². The van der Waals surface area contributed by atoms with Crippen molar-refractivity contribution in [3.05, 3.63) is 29.3 Å². The molecular formula is C21H28N2O3S. The van der Waals surface area contributed by atoms with Gasteiger partial charge < -0.3 is 0 Å². The van der Waals surface area contributed by atoms with Crippen molar-refractivity contribution in [2.75, 3.05) is 0 Å². The van der Waals surface area contributed by atoms with Gasteiger partial charge in [0.1, 0.15) is 0 Å². The van der Waals surface area contributed by atoms with Gasteiger partial charge >= 0.3 is 0 Å². The number of hydrogen-bond donors (Lipinski definition) is 2. The predicted octanol–water partition coefficient (Wildman–Crippen LogP) is 3.09. The van der Waals surface area contributed by atoms with Crippen LogP contribution in [0.5, 0.6) is 0 Å². The van der Waals surface area contributed by atoms with E-state index in [1.807, 2.05) is 6.07 Å². The molecule has 0 atom stereocenters. The van der Waals surface area contributed by atoms with Gasteiger partial charge in [0.05, 0.1) is 10.3 Å². The Morgan fingerprint density at radius 2 is 1.52 bits per heavy atom. The molecule has 1 aromatic rings. The first-order chi connectivity index (χ1) is 12.9. The maximum absolute atomic E-state index is 13.0. The van der Waals surface area contributed by atoms with Gasteiger partial charge in [-0.15, -0.1) is 4.83 Å². The minimum Gasteiger partial charge on any atom is -0.277 e. The van der Waals surface area contributed by atoms with Crippen molar-refractivity contribution in [3.63, 3.8) is 0 Å². The van der Waals surface area contributed by atoms with Gasteiger partial charge in [-0.05, 0) is 105 Å². The Labute approximate surface area is 161 Å². The number of fused-ring (bicyclic) bond motifs is 1. The molecule has 1 amide bonds. The first-order valence-corrected chi connectivity index (χ1v) is 11.9. The fourth-order valence-electron chi connectivity index (χ4n) is 6.57. The molecule has 4 saturated carbocycles. The maximum atomic E-state index is 13.0. The zero-order chi connectivity index (χ0) is 18.6. The molecule has 0 aliphatic heterocycles. The third kappa shape index (κ3) is 3.11. The Morgan fingerprint density at radius 3 is 2.15 bits per heavy atom. The van der Waals surface area contributed by atoms with E-state index in [0.29, 0.717) is 17.8 Å². The second-order valence-corrected chi connectivity index (χ2v) is 11.1. The molecule has 0 saturated heterocycles. The molecule has 5 nitrogen and oxygen atoms in total. The lowest BCUT2D eigenvalue weighted by Gasteiger charge is -2.55. The number of benzene rings is 1. The standard InChI is InChI=1S/C21H28N2O3S/c24-20(21-11-14-7-15(12-21)9-16(8-14)13-21)22-23-27(25,26)19-6-5-17-3-1-2-4-18(17)10-19/h5-6,10,14-16,23H,1-4,7-9,11-13H2,(H,22,24). The van der Waals surface area contributed by atoms with Crippen LogP contribution in [0.15, 0.2) is 23.1 Å². The van der Waals surface area contributed by atoms with E-state index < -0.39 is 10.0 Å². The van der Waals surface area contributed by atoms with Crippen molar-refractivity contribution < 1.29 is 13.2 Å². The van der Waals surface area contributed by atoms with Crippen molar-refractivity contribution in [1.29, 1.82) is 0 Å². The quantitative estimate of drug-likeness (QED) is 0.779. The van der Waals surface area contributed by atoms with Gasteiger partial charge in [0.25, 0.3) is 10.0 Å². The van der Waals surface area contributed by atoms with E-state index >= 15 is 0 Å². The Balaban J connectivity index is 1.30. The van der Waals surface area contributed by atoms with Crippen LogP contribution < -0.4 is 10.3 Å². The molecule has 0 spiro atoms. The van der Waals surface area contributed by atoms with Crippen LogP contribution in [0.25, 0.3) is 0 Å². The molecule has 5 aliphatic carbocycles. The molecule has 5 aliphatic rings. The maximum Gasteiger partial charge on any atom is 0.257 e. The summed E-state index contributed by atoms with van der Waals surface area (Å²) in [5.41, 5.74) is 4.60. The molecule has 4 fully saturated rings. The molecule has 6 heteroatoms. The number of nitrogens with one attached hydrogen (secondary N) is 2. The summed E-state index contributed by atoms with van der Waals surface area (Å²) in [5.74, 6) is 1.83. The van der Waals surface area contributed by atoms with Crippen molar-refractivity contribution in [2.45, 2.75) is 69.1 Å². The normalized spacial score (nSPS) is 34.3. The molecule has 4 bridgehead atoms. The van der Waals surface area contributed by atoms with E-state index in [2.05, 4.69) is 10.3 Å². The lowest BCUT2D eigenvalue weighted by molar-refractivity contribution is -0.146. The Morgan fingerprint density at radius 1 is 0.926 bits per heavy atom. The van der Waals surface area contributed by atoms with Crippen molar-refractivity contribution in [1.82, 2.24) is 10.3 Å². The van der Waals surface area contributed by atoms with Crippen LogP contribution in [-0.2, 0) is 27.7 Å². The summed E-state index contributed by atoms with van der Waals surface area (Å²) in [6, 6.07) is 5.35. The molecule has 0 aromatic heterocycles. The third-order valence-corrected chi connectivity index (χ3v) is 8.69. The molecule has 27 heavy (non-hydrogen) atoms. The van der Waals surface area contributed by atoms with Crippen molar-refractivity contribution in [2.24, 2.45) is 23.2 Å². The highest BCUT2D eigenvalue weighted by Gasteiger charge is 2.54. The Bertz CT molecular complexity index is 842. The topological polar surface area (TPSA) is 75.3 Å². The number of hydrogen-bond acceptors (Lipinski definition) is 3. The summed E-state index contributed by atoms with van der Waals surface area (Å²) in [6.07, 6.45) is 10.8. The Kier molecular flexibility index (Phi) is 4.13. The summed E-state index contributed by atoms with van der Waals surface area (Å²) in [7, 11) is -3.74. The lowest BCUT2D eigenvalue weighted by Crippen LogP contribution is -2.56. The number of amides is 1. The molecule has 1 aromatic carbocycles. The third-order valence-electron chi connectivity index (χ3n) is 7.45. The largest absolute Gasteiger partial charge is 0.277 e. The summed E-state index contributed by atoms with van der Waals surface area (Å²) >= 11 is 0. The zero-order valence-electron chi connectivity index (χ0n) is 15.7. The van der Waals surface area contributed by atoms with Crippen LogP contribution in [0.3, 0.4) is 0 Å². The molecule has 2 N–H and O–H groups in total. The van der Waals surface area contributed by atoms with Crippen LogP contribution in [0.4, 0.5) is 0 Å². The highest BCUT2D eigenvalue weighted by molar-refractivity contribution is 7.89. The van der Waals surface area contributed by atoms with E-state index in [-0.39, 0.29) is 16.2 Å². The van der Waals surface area contributed by atoms with Gasteiger partial charge in [-0.2, -0.15) is 0 Å². The number of rotatable bonds is 4. The minimum atomic E-state index is -3.74. The minimum absolute atomic E-state index is 0.122. The van der Waals surface area contributed by atoms with E-state index in [1.54, 1.807) is 12.1 Å². The molecule has 146 valence electrons. The number of sulfonamides is 1. The van der Waals surface area contributed by atoms with Gasteiger partial charge in [0.2, 0.25) is 5.91 Å². The second kappa shape index (κ2) is 6.31. The molecule has 0 unspecified atom stereocenters. The fourth-order valence-corrected chi connectivity index (χ4v) is 7.46. The molecule has 0 radical (unpaired) electrons. The number of carbonyl (C=O) groups excluding carboxylic acids is 1. The lowest BCUT2D eigenvalue weighted by atomic mass is 9.49. The van der Waals surface area contributed by atoms with Crippen LogP contribution in [0.1, 0.15) is 62.5 Å². The van der Waals surface area contributed by atoms with Crippen LogP contribution in [0, 0.1) is 23.2 Å².